The smallest absolute Gasteiger partial charge is 0.332 e. The number of fused-ring (bicyclic) bond motifs is 1. The number of aromatic nitrogens is 4. The Morgan fingerprint density at radius 2 is 2.16 bits per heavy atom. The molecule has 0 amide bonds. The van der Waals surface area contributed by atoms with Crippen molar-refractivity contribution in [2.45, 2.75) is 19.1 Å². The van der Waals surface area contributed by atoms with Crippen molar-refractivity contribution in [3.8, 4) is 0 Å². The quantitative estimate of drug-likeness (QED) is 0.645. The standard InChI is InChI=1S/C10H14N4O4Si/c1-13-9(17)7-8(14(4-19-2)10(13)18)12-5(11-7)3-6(15)16/h3-4,19H2,1-2H3,(H,11,12)(H,15,16). The number of nitrogens with one attached hydrogen (secondary N) is 1. The number of H-pyrrole nitrogens is 1. The number of rotatable bonds is 4. The highest BCUT2D eigenvalue weighted by molar-refractivity contribution is 6.31. The van der Waals surface area contributed by atoms with Crippen LogP contribution in [0.1, 0.15) is 5.82 Å². The van der Waals surface area contributed by atoms with Gasteiger partial charge in [0.15, 0.2) is 5.65 Å². The normalized spacial score (nSPS) is 11.7. The molecule has 102 valence electrons. The molecule has 0 atom stereocenters. The van der Waals surface area contributed by atoms with E-state index < -0.39 is 26.7 Å². The van der Waals surface area contributed by atoms with Gasteiger partial charge in [0.2, 0.25) is 0 Å². The lowest BCUT2D eigenvalue weighted by atomic mass is 10.4. The van der Waals surface area contributed by atoms with E-state index in [4.69, 9.17) is 5.11 Å². The van der Waals surface area contributed by atoms with Crippen LogP contribution in [0.2, 0.25) is 6.55 Å². The number of carboxylic acid groups (broad SMARTS) is 1. The van der Waals surface area contributed by atoms with Gasteiger partial charge in [-0.1, -0.05) is 6.55 Å². The molecule has 8 nitrogen and oxygen atoms in total. The number of imidazole rings is 1. The molecule has 0 aromatic carbocycles. The van der Waals surface area contributed by atoms with Crippen molar-refractivity contribution in [2.75, 3.05) is 0 Å². The summed E-state index contributed by atoms with van der Waals surface area (Å²) in [5, 5.41) is 8.74. The molecule has 0 saturated heterocycles. The van der Waals surface area contributed by atoms with E-state index in [0.717, 1.165) is 4.57 Å². The van der Waals surface area contributed by atoms with Gasteiger partial charge in [-0.25, -0.2) is 9.78 Å². The largest absolute Gasteiger partial charge is 0.481 e. The fourth-order valence-corrected chi connectivity index (χ4v) is 2.78. The first kappa shape index (κ1) is 13.3. The van der Waals surface area contributed by atoms with Gasteiger partial charge in [-0.15, -0.1) is 0 Å². The van der Waals surface area contributed by atoms with Gasteiger partial charge in [0.1, 0.15) is 17.8 Å². The Labute approximate surface area is 109 Å². The third kappa shape index (κ3) is 2.23. The summed E-state index contributed by atoms with van der Waals surface area (Å²) in [6, 6.07) is 0. The van der Waals surface area contributed by atoms with Crippen LogP contribution in [0, 0.1) is 0 Å². The van der Waals surface area contributed by atoms with Crippen molar-refractivity contribution in [2.24, 2.45) is 7.05 Å². The number of hydrogen-bond acceptors (Lipinski definition) is 4. The molecule has 0 radical (unpaired) electrons. The average molecular weight is 282 g/mol. The Kier molecular flexibility index (Phi) is 3.38. The van der Waals surface area contributed by atoms with E-state index in [1.165, 1.54) is 11.6 Å². The number of carboxylic acids is 1. The lowest BCUT2D eigenvalue weighted by Gasteiger charge is -2.06. The van der Waals surface area contributed by atoms with Crippen LogP contribution in [-0.2, 0) is 24.4 Å². The number of nitrogens with zero attached hydrogens (tertiary/aromatic N) is 3. The Morgan fingerprint density at radius 3 is 2.74 bits per heavy atom. The predicted octanol–water partition coefficient (Wildman–Crippen LogP) is -1.78. The topological polar surface area (TPSA) is 110 Å². The SMILES string of the molecule is C[SiH2]Cn1c(=O)n(C)c(=O)c2[nH]c(CC(=O)O)nc21. The average Bonchev–Trinajstić information content (AvgIpc) is 2.74. The molecule has 19 heavy (non-hydrogen) atoms. The first-order valence-corrected chi connectivity index (χ1v) is 8.27. The van der Waals surface area contributed by atoms with Gasteiger partial charge in [-0.2, -0.15) is 0 Å². The molecular formula is C10H14N4O4Si. The molecule has 0 aliphatic carbocycles. The summed E-state index contributed by atoms with van der Waals surface area (Å²) in [5.74, 6) is -0.869. The summed E-state index contributed by atoms with van der Waals surface area (Å²) in [6.45, 7) is 2.04. The van der Waals surface area contributed by atoms with Gasteiger partial charge in [-0.3, -0.25) is 18.7 Å². The van der Waals surface area contributed by atoms with Gasteiger partial charge in [0.25, 0.3) is 5.56 Å². The minimum absolute atomic E-state index is 0.178. The predicted molar refractivity (Wildman–Crippen MR) is 71.3 cm³/mol. The van der Waals surface area contributed by atoms with E-state index in [9.17, 15) is 14.4 Å². The van der Waals surface area contributed by atoms with Gasteiger partial charge in [-0.05, 0) is 0 Å². The highest BCUT2D eigenvalue weighted by Crippen LogP contribution is 2.05. The van der Waals surface area contributed by atoms with Crippen molar-refractivity contribution in [1.82, 2.24) is 19.1 Å². The fraction of sp³-hybridized carbons (Fsp3) is 0.400. The summed E-state index contributed by atoms with van der Waals surface area (Å²) in [5.41, 5.74) is -0.474. The van der Waals surface area contributed by atoms with Crippen LogP contribution in [0.3, 0.4) is 0 Å². The minimum atomic E-state index is -1.05. The van der Waals surface area contributed by atoms with Crippen LogP contribution in [-0.4, -0.2) is 39.7 Å². The molecular weight excluding hydrogens is 268 g/mol. The lowest BCUT2D eigenvalue weighted by molar-refractivity contribution is -0.136. The molecule has 2 aromatic rings. The maximum atomic E-state index is 12.0. The molecule has 0 aliphatic heterocycles. The van der Waals surface area contributed by atoms with E-state index in [-0.39, 0.29) is 23.4 Å². The first-order chi connectivity index (χ1) is 8.95. The molecule has 2 rings (SSSR count). The molecule has 0 bridgehead atoms. The van der Waals surface area contributed by atoms with Crippen molar-refractivity contribution in [1.29, 1.82) is 0 Å². The number of aliphatic carboxylic acids is 1. The molecule has 0 aliphatic rings. The Morgan fingerprint density at radius 1 is 1.47 bits per heavy atom. The van der Waals surface area contributed by atoms with E-state index in [1.54, 1.807) is 0 Å². The van der Waals surface area contributed by atoms with Gasteiger partial charge >= 0.3 is 11.7 Å². The monoisotopic (exact) mass is 282 g/mol. The fourth-order valence-electron chi connectivity index (χ4n) is 1.93. The van der Waals surface area contributed by atoms with Crippen LogP contribution >= 0.6 is 0 Å². The van der Waals surface area contributed by atoms with Crippen LogP contribution in [0.4, 0.5) is 0 Å². The zero-order valence-electron chi connectivity index (χ0n) is 10.6. The Balaban J connectivity index is 2.78. The van der Waals surface area contributed by atoms with Gasteiger partial charge in [0, 0.05) is 22.7 Å². The second kappa shape index (κ2) is 4.84. The summed E-state index contributed by atoms with van der Waals surface area (Å²) in [7, 11) is 0.941. The number of carbonyl (C=O) groups is 1. The summed E-state index contributed by atoms with van der Waals surface area (Å²) in [4.78, 5) is 41.4. The van der Waals surface area contributed by atoms with E-state index in [2.05, 4.69) is 9.97 Å². The van der Waals surface area contributed by atoms with Crippen LogP contribution < -0.4 is 11.2 Å². The van der Waals surface area contributed by atoms with Crippen LogP contribution in [0.25, 0.3) is 11.2 Å². The van der Waals surface area contributed by atoms with Crippen molar-refractivity contribution < 1.29 is 9.90 Å². The molecule has 0 spiro atoms. The van der Waals surface area contributed by atoms with E-state index in [0.29, 0.717) is 6.17 Å². The molecule has 0 unspecified atom stereocenters. The second-order valence-electron chi connectivity index (χ2n) is 4.25. The highest BCUT2D eigenvalue weighted by Gasteiger charge is 2.16. The minimum Gasteiger partial charge on any atom is -0.481 e. The third-order valence-corrected chi connectivity index (χ3v) is 3.69. The first-order valence-electron chi connectivity index (χ1n) is 5.86. The van der Waals surface area contributed by atoms with Crippen molar-refractivity contribution >= 4 is 26.7 Å². The van der Waals surface area contributed by atoms with Crippen LogP contribution in [0.15, 0.2) is 9.59 Å². The molecule has 9 heteroatoms. The second-order valence-corrected chi connectivity index (χ2v) is 5.70. The van der Waals surface area contributed by atoms with Crippen LogP contribution in [0.5, 0.6) is 0 Å². The highest BCUT2D eigenvalue weighted by atomic mass is 28.2. The van der Waals surface area contributed by atoms with Crippen molar-refractivity contribution in [3.05, 3.63) is 26.7 Å². The molecule has 2 heterocycles. The Hall–Kier alpha value is -2.16. The number of hydrogen-bond donors (Lipinski definition) is 2. The Bertz CT molecular complexity index is 757. The maximum absolute atomic E-state index is 12.0. The molecule has 2 aromatic heterocycles. The van der Waals surface area contributed by atoms with E-state index in [1.807, 2.05) is 6.55 Å². The summed E-state index contributed by atoms with van der Waals surface area (Å²) in [6.07, 6.45) is 0.246. The zero-order chi connectivity index (χ0) is 14.2. The zero-order valence-corrected chi connectivity index (χ0v) is 12.0. The van der Waals surface area contributed by atoms with Crippen molar-refractivity contribution in [3.63, 3.8) is 0 Å². The van der Waals surface area contributed by atoms with E-state index >= 15 is 0 Å². The number of aromatic amines is 1. The lowest BCUT2D eigenvalue weighted by Crippen LogP contribution is -2.38. The third-order valence-electron chi connectivity index (χ3n) is 2.79. The molecule has 0 saturated carbocycles. The summed E-state index contributed by atoms with van der Waals surface area (Å²) >= 11 is 0. The molecule has 2 N–H and O–H groups in total. The molecule has 0 fully saturated rings. The van der Waals surface area contributed by atoms with Gasteiger partial charge < -0.3 is 10.1 Å². The maximum Gasteiger partial charge on any atom is 0.332 e. The van der Waals surface area contributed by atoms with Gasteiger partial charge in [0.05, 0.1) is 0 Å². The summed E-state index contributed by atoms with van der Waals surface area (Å²) < 4.78 is 2.44.